The third-order valence-corrected chi connectivity index (χ3v) is 4.80. The summed E-state index contributed by atoms with van der Waals surface area (Å²) >= 11 is 0. The standard InChI is InChI=1S/C18H16N4O4/c1-10-2-4-12(5-3-10)18(16(25)20-17(26)21-18)9-22-8-11-7-19-14(23)6-13(11)15(22)24/h2-7H,8-9H2,1H3,(H,19,23)(H2,20,21,25,26). The molecule has 2 aliphatic heterocycles. The lowest BCUT2D eigenvalue weighted by molar-refractivity contribution is -0.124. The molecule has 132 valence electrons. The molecule has 0 bridgehead atoms. The topological polar surface area (TPSA) is 111 Å². The number of rotatable bonds is 3. The van der Waals surface area contributed by atoms with Crippen molar-refractivity contribution in [2.45, 2.75) is 19.0 Å². The van der Waals surface area contributed by atoms with E-state index >= 15 is 0 Å². The average molecular weight is 352 g/mol. The number of fused-ring (bicyclic) bond motifs is 1. The molecular weight excluding hydrogens is 336 g/mol. The molecule has 1 aromatic heterocycles. The van der Waals surface area contributed by atoms with Gasteiger partial charge in [-0.2, -0.15) is 0 Å². The fraction of sp³-hybridized carbons (Fsp3) is 0.222. The number of urea groups is 1. The normalized spacial score (nSPS) is 21.6. The van der Waals surface area contributed by atoms with E-state index < -0.39 is 17.5 Å². The summed E-state index contributed by atoms with van der Waals surface area (Å²) in [4.78, 5) is 52.6. The van der Waals surface area contributed by atoms with Gasteiger partial charge in [-0.05, 0) is 12.5 Å². The van der Waals surface area contributed by atoms with Crippen LogP contribution < -0.4 is 16.2 Å². The van der Waals surface area contributed by atoms with E-state index in [9.17, 15) is 19.2 Å². The van der Waals surface area contributed by atoms with Crippen LogP contribution >= 0.6 is 0 Å². The number of imide groups is 1. The number of nitrogens with one attached hydrogen (secondary N) is 3. The van der Waals surface area contributed by atoms with Gasteiger partial charge in [-0.3, -0.25) is 19.7 Å². The van der Waals surface area contributed by atoms with E-state index in [4.69, 9.17) is 0 Å². The Kier molecular flexibility index (Phi) is 3.43. The maximum Gasteiger partial charge on any atom is 0.322 e. The molecule has 8 nitrogen and oxygen atoms in total. The number of hydrogen-bond acceptors (Lipinski definition) is 4. The van der Waals surface area contributed by atoms with Gasteiger partial charge in [0, 0.05) is 24.4 Å². The SMILES string of the molecule is Cc1ccc(C2(CN3Cc4c[nH]c(=O)cc4C3=O)NC(=O)NC2=O)cc1. The molecule has 4 rings (SSSR count). The fourth-order valence-corrected chi connectivity index (χ4v) is 3.43. The van der Waals surface area contributed by atoms with Crippen molar-refractivity contribution in [2.24, 2.45) is 0 Å². The van der Waals surface area contributed by atoms with E-state index in [-0.39, 0.29) is 24.6 Å². The molecule has 0 spiro atoms. The summed E-state index contributed by atoms with van der Waals surface area (Å²) in [7, 11) is 0. The number of carbonyl (C=O) groups excluding carboxylic acids is 3. The van der Waals surface area contributed by atoms with Crippen LogP contribution in [-0.4, -0.2) is 34.3 Å². The Hall–Kier alpha value is -3.42. The predicted octanol–water partition coefficient (Wildman–Crippen LogP) is 0.374. The van der Waals surface area contributed by atoms with Crippen LogP contribution in [0.25, 0.3) is 0 Å². The second kappa shape index (κ2) is 5.55. The molecule has 3 heterocycles. The zero-order chi connectivity index (χ0) is 18.5. The Bertz CT molecular complexity index is 995. The minimum atomic E-state index is -1.37. The Morgan fingerprint density at radius 3 is 2.50 bits per heavy atom. The number of nitrogens with zero attached hydrogens (tertiary/aromatic N) is 1. The summed E-state index contributed by atoms with van der Waals surface area (Å²) in [5, 5.41) is 4.93. The maximum atomic E-state index is 12.7. The third kappa shape index (κ3) is 2.38. The largest absolute Gasteiger partial charge is 0.331 e. The number of aryl methyl sites for hydroxylation is 1. The molecule has 0 radical (unpaired) electrons. The monoisotopic (exact) mass is 352 g/mol. The Morgan fingerprint density at radius 1 is 1.12 bits per heavy atom. The zero-order valence-corrected chi connectivity index (χ0v) is 14.0. The molecule has 1 fully saturated rings. The second-order valence-corrected chi connectivity index (χ2v) is 6.58. The summed E-state index contributed by atoms with van der Waals surface area (Å²) in [6, 6.07) is 7.86. The summed E-state index contributed by atoms with van der Waals surface area (Å²) < 4.78 is 0. The minimum absolute atomic E-state index is 0.0324. The molecule has 1 aromatic carbocycles. The van der Waals surface area contributed by atoms with Crippen LogP contribution in [0.1, 0.15) is 27.0 Å². The highest BCUT2D eigenvalue weighted by Crippen LogP contribution is 2.30. The highest BCUT2D eigenvalue weighted by atomic mass is 16.2. The maximum absolute atomic E-state index is 12.7. The highest BCUT2D eigenvalue weighted by molar-refractivity contribution is 6.08. The molecule has 4 amide bonds. The molecular formula is C18H16N4O4. The first-order valence-corrected chi connectivity index (χ1v) is 8.11. The summed E-state index contributed by atoms with van der Waals surface area (Å²) in [5.41, 5.74) is 0.866. The number of benzene rings is 1. The third-order valence-electron chi connectivity index (χ3n) is 4.80. The number of amides is 4. The molecule has 8 heteroatoms. The van der Waals surface area contributed by atoms with Crippen LogP contribution in [0.15, 0.2) is 41.3 Å². The van der Waals surface area contributed by atoms with Crippen molar-refractivity contribution in [3.05, 3.63) is 69.1 Å². The van der Waals surface area contributed by atoms with Crippen molar-refractivity contribution >= 4 is 17.8 Å². The van der Waals surface area contributed by atoms with E-state index in [2.05, 4.69) is 15.6 Å². The first-order valence-electron chi connectivity index (χ1n) is 8.11. The lowest BCUT2D eigenvalue weighted by atomic mass is 9.88. The van der Waals surface area contributed by atoms with Crippen LogP contribution in [0.5, 0.6) is 0 Å². The van der Waals surface area contributed by atoms with Crippen molar-refractivity contribution in [2.75, 3.05) is 6.54 Å². The van der Waals surface area contributed by atoms with Crippen LogP contribution in [0.3, 0.4) is 0 Å². The Labute approximate surface area is 148 Å². The minimum Gasteiger partial charge on any atom is -0.331 e. The van der Waals surface area contributed by atoms with Gasteiger partial charge in [-0.1, -0.05) is 29.8 Å². The van der Waals surface area contributed by atoms with Gasteiger partial charge < -0.3 is 15.2 Å². The molecule has 2 aliphatic rings. The van der Waals surface area contributed by atoms with Gasteiger partial charge in [0.1, 0.15) is 0 Å². The highest BCUT2D eigenvalue weighted by Gasteiger charge is 2.50. The summed E-state index contributed by atoms with van der Waals surface area (Å²) in [5.74, 6) is -0.849. The molecule has 26 heavy (non-hydrogen) atoms. The molecule has 0 aliphatic carbocycles. The first kappa shape index (κ1) is 16.1. The van der Waals surface area contributed by atoms with E-state index in [1.54, 1.807) is 12.1 Å². The van der Waals surface area contributed by atoms with E-state index in [0.29, 0.717) is 16.7 Å². The van der Waals surface area contributed by atoms with Crippen LogP contribution in [0, 0.1) is 6.92 Å². The second-order valence-electron chi connectivity index (χ2n) is 6.58. The Morgan fingerprint density at radius 2 is 1.85 bits per heavy atom. The van der Waals surface area contributed by atoms with Gasteiger partial charge >= 0.3 is 6.03 Å². The fourth-order valence-electron chi connectivity index (χ4n) is 3.43. The number of aromatic amines is 1. The molecule has 1 saturated heterocycles. The molecule has 2 aromatic rings. The van der Waals surface area contributed by atoms with E-state index in [1.807, 2.05) is 19.1 Å². The molecule has 3 N–H and O–H groups in total. The van der Waals surface area contributed by atoms with Gasteiger partial charge in [0.25, 0.3) is 11.8 Å². The van der Waals surface area contributed by atoms with Crippen molar-refractivity contribution < 1.29 is 14.4 Å². The number of pyridine rings is 1. The van der Waals surface area contributed by atoms with Crippen LogP contribution in [-0.2, 0) is 16.9 Å². The van der Waals surface area contributed by atoms with Gasteiger partial charge in [-0.25, -0.2) is 4.79 Å². The molecule has 0 saturated carbocycles. The van der Waals surface area contributed by atoms with Gasteiger partial charge in [0.2, 0.25) is 5.56 Å². The van der Waals surface area contributed by atoms with Crippen LogP contribution in [0.2, 0.25) is 0 Å². The first-order chi connectivity index (χ1) is 12.4. The average Bonchev–Trinajstić information content (AvgIpc) is 3.06. The van der Waals surface area contributed by atoms with Gasteiger partial charge in [-0.15, -0.1) is 0 Å². The molecule has 1 unspecified atom stereocenters. The Balaban J connectivity index is 1.72. The molecule has 1 atom stereocenters. The number of aromatic nitrogens is 1. The summed E-state index contributed by atoms with van der Waals surface area (Å²) in [6.45, 7) is 2.14. The van der Waals surface area contributed by atoms with Gasteiger partial charge in [0.05, 0.1) is 12.1 Å². The van der Waals surface area contributed by atoms with Crippen molar-refractivity contribution in [3.8, 4) is 0 Å². The summed E-state index contributed by atoms with van der Waals surface area (Å²) in [6.07, 6.45) is 1.50. The zero-order valence-electron chi connectivity index (χ0n) is 14.0. The smallest absolute Gasteiger partial charge is 0.322 e. The van der Waals surface area contributed by atoms with Gasteiger partial charge in [0.15, 0.2) is 5.54 Å². The predicted molar refractivity (Wildman–Crippen MR) is 91.3 cm³/mol. The lowest BCUT2D eigenvalue weighted by Gasteiger charge is -2.31. The number of hydrogen-bond donors (Lipinski definition) is 3. The quantitative estimate of drug-likeness (QED) is 0.693. The van der Waals surface area contributed by atoms with E-state index in [0.717, 1.165) is 5.56 Å². The number of carbonyl (C=O) groups is 3. The van der Waals surface area contributed by atoms with Crippen molar-refractivity contribution in [1.82, 2.24) is 20.5 Å². The lowest BCUT2D eigenvalue weighted by Crippen LogP contribution is -2.52. The van der Waals surface area contributed by atoms with Crippen molar-refractivity contribution in [3.63, 3.8) is 0 Å². The van der Waals surface area contributed by atoms with Crippen LogP contribution in [0.4, 0.5) is 4.79 Å². The van der Waals surface area contributed by atoms with Crippen molar-refractivity contribution in [1.29, 1.82) is 0 Å². The van der Waals surface area contributed by atoms with E-state index in [1.165, 1.54) is 17.2 Å². The number of H-pyrrole nitrogens is 1.